The van der Waals surface area contributed by atoms with E-state index in [4.69, 9.17) is 10.8 Å². The minimum atomic E-state index is -1.59. The van der Waals surface area contributed by atoms with Gasteiger partial charge in [-0.05, 0) is 63.6 Å². The average Bonchev–Trinajstić information content (AvgIpc) is 3.46. The van der Waals surface area contributed by atoms with Crippen LogP contribution in [-0.4, -0.2) is 114 Å². The minimum Gasteiger partial charge on any atom is -0.481 e. The second-order valence-electron chi connectivity index (χ2n) is 9.38. The maximum atomic E-state index is 12.8. The van der Waals surface area contributed by atoms with Crippen molar-refractivity contribution in [3.63, 3.8) is 0 Å². The second kappa shape index (κ2) is 19.6. The average molecular weight is 604 g/mol. The van der Waals surface area contributed by atoms with Gasteiger partial charge >= 0.3 is 11.9 Å². The van der Waals surface area contributed by atoms with E-state index in [0.717, 1.165) is 6.42 Å². The van der Waals surface area contributed by atoms with Crippen LogP contribution < -0.4 is 37.6 Å². The number of hydrogen-bond acceptors (Lipinski definition) is 10. The summed E-state index contributed by atoms with van der Waals surface area (Å²) in [7, 11) is 0. The zero-order valence-corrected chi connectivity index (χ0v) is 23.8. The van der Waals surface area contributed by atoms with Gasteiger partial charge in [0, 0.05) is 0 Å². The standard InChI is InChI=1S/C24H41N7O9S/c1-41-10-7-16(22(38)28-13-20(35)36)31-24(40)17(11-19(33)34)29-18(32)12-27-21(37)15(5-2-3-8-25)30-23(39)14-6-4-9-26-14/h14-17,26H,2-13,25H2,1H3,(H,27,37)(H,28,38)(H,29,32)(H,30,39)(H,31,40)(H,33,34)(H,35,36)/t14-,15-,16-,17-/m0/s1. The normalized spacial score (nSPS) is 16.5. The van der Waals surface area contributed by atoms with Gasteiger partial charge in [-0.1, -0.05) is 0 Å². The number of carboxylic acid groups (broad SMARTS) is 2. The van der Waals surface area contributed by atoms with E-state index in [1.807, 2.05) is 0 Å². The fourth-order valence-corrected chi connectivity index (χ4v) is 4.40. The smallest absolute Gasteiger partial charge is 0.322 e. The molecule has 0 aromatic heterocycles. The molecule has 0 bridgehead atoms. The molecule has 1 aliphatic rings. The topological polar surface area (TPSA) is 258 Å². The van der Waals surface area contributed by atoms with E-state index in [1.165, 1.54) is 11.8 Å². The number of carbonyl (C=O) groups excluding carboxylic acids is 5. The molecule has 1 aliphatic heterocycles. The Morgan fingerprint density at radius 2 is 1.51 bits per heavy atom. The number of thioether (sulfide) groups is 1. The summed E-state index contributed by atoms with van der Waals surface area (Å²) in [4.78, 5) is 85.2. The molecule has 0 aromatic rings. The molecule has 1 saturated heterocycles. The Balaban J connectivity index is 2.80. The molecule has 4 atom stereocenters. The van der Waals surface area contributed by atoms with Crippen LogP contribution in [0.4, 0.5) is 0 Å². The van der Waals surface area contributed by atoms with Crippen LogP contribution in [0.15, 0.2) is 0 Å². The molecule has 17 heteroatoms. The van der Waals surface area contributed by atoms with E-state index >= 15 is 0 Å². The van der Waals surface area contributed by atoms with E-state index in [1.54, 1.807) is 6.26 Å². The van der Waals surface area contributed by atoms with Crippen LogP contribution in [0, 0.1) is 0 Å². The van der Waals surface area contributed by atoms with Crippen LogP contribution >= 0.6 is 11.8 Å². The van der Waals surface area contributed by atoms with Gasteiger partial charge in [0.25, 0.3) is 0 Å². The molecule has 0 aliphatic carbocycles. The van der Waals surface area contributed by atoms with Crippen molar-refractivity contribution >= 4 is 53.2 Å². The number of unbranched alkanes of at least 4 members (excludes halogenated alkanes) is 1. The van der Waals surface area contributed by atoms with Crippen molar-refractivity contribution in [2.24, 2.45) is 5.73 Å². The fraction of sp³-hybridized carbons (Fsp3) is 0.708. The maximum absolute atomic E-state index is 12.8. The Hall–Kier alpha value is -3.44. The molecule has 1 fully saturated rings. The predicted molar refractivity (Wildman–Crippen MR) is 149 cm³/mol. The lowest BCUT2D eigenvalue weighted by atomic mass is 10.1. The van der Waals surface area contributed by atoms with Crippen molar-refractivity contribution in [2.75, 3.05) is 38.2 Å². The van der Waals surface area contributed by atoms with E-state index in [0.29, 0.717) is 38.1 Å². The first-order chi connectivity index (χ1) is 19.5. The third kappa shape index (κ3) is 14.7. The number of amides is 5. The van der Waals surface area contributed by atoms with Crippen molar-refractivity contribution in [3.05, 3.63) is 0 Å². The Labute approximate surface area is 242 Å². The van der Waals surface area contributed by atoms with Crippen LogP contribution in [0.5, 0.6) is 0 Å². The SMILES string of the molecule is CSCC[C@H](NC(=O)[C@H](CC(=O)O)NC(=O)CNC(=O)[C@H](CCCCN)NC(=O)[C@@H]1CCCN1)C(=O)NCC(=O)O. The van der Waals surface area contributed by atoms with E-state index in [-0.39, 0.29) is 18.7 Å². The van der Waals surface area contributed by atoms with Crippen molar-refractivity contribution < 1.29 is 43.8 Å². The summed E-state index contributed by atoms with van der Waals surface area (Å²) in [6.07, 6.45) is 4.00. The third-order valence-corrected chi connectivity index (χ3v) is 6.71. The molecule has 0 unspecified atom stereocenters. The number of nitrogens with one attached hydrogen (secondary N) is 6. The van der Waals surface area contributed by atoms with Crippen molar-refractivity contribution in [2.45, 2.75) is 69.1 Å². The number of hydrogen-bond donors (Lipinski definition) is 9. The van der Waals surface area contributed by atoms with Crippen molar-refractivity contribution in [3.8, 4) is 0 Å². The Kier molecular flexibility index (Phi) is 17.0. The first kappa shape index (κ1) is 35.6. The molecule has 10 N–H and O–H groups in total. The second-order valence-corrected chi connectivity index (χ2v) is 10.4. The fourth-order valence-electron chi connectivity index (χ4n) is 3.92. The Morgan fingerprint density at radius 3 is 2.07 bits per heavy atom. The summed E-state index contributed by atoms with van der Waals surface area (Å²) in [6, 6.07) is -4.10. The molecular formula is C24H41N7O9S. The first-order valence-electron chi connectivity index (χ1n) is 13.3. The van der Waals surface area contributed by atoms with Crippen LogP contribution in [0.2, 0.25) is 0 Å². The van der Waals surface area contributed by atoms with Crippen molar-refractivity contribution in [1.82, 2.24) is 31.9 Å². The number of nitrogens with two attached hydrogens (primary N) is 1. The molecule has 41 heavy (non-hydrogen) atoms. The largest absolute Gasteiger partial charge is 0.481 e. The summed E-state index contributed by atoms with van der Waals surface area (Å²) in [6.45, 7) is -0.188. The zero-order chi connectivity index (χ0) is 30.8. The molecule has 1 rings (SSSR count). The molecule has 0 spiro atoms. The summed E-state index contributed by atoms with van der Waals surface area (Å²) in [5.74, 6) is -5.86. The molecule has 232 valence electrons. The van der Waals surface area contributed by atoms with Gasteiger partial charge in [-0.3, -0.25) is 33.6 Å². The zero-order valence-electron chi connectivity index (χ0n) is 23.0. The van der Waals surface area contributed by atoms with Gasteiger partial charge in [-0.15, -0.1) is 0 Å². The Morgan fingerprint density at radius 1 is 0.854 bits per heavy atom. The monoisotopic (exact) mass is 603 g/mol. The van der Waals surface area contributed by atoms with Gasteiger partial charge in [-0.2, -0.15) is 11.8 Å². The Bertz CT molecular complexity index is 931. The van der Waals surface area contributed by atoms with Gasteiger partial charge in [0.15, 0.2) is 0 Å². The molecular weight excluding hydrogens is 562 g/mol. The molecule has 0 aromatic carbocycles. The summed E-state index contributed by atoms with van der Waals surface area (Å²) in [5, 5.41) is 32.9. The van der Waals surface area contributed by atoms with Gasteiger partial charge < -0.3 is 47.8 Å². The minimum absolute atomic E-state index is 0.121. The quantitative estimate of drug-likeness (QED) is 0.0626. The lowest BCUT2D eigenvalue weighted by Gasteiger charge is -2.23. The van der Waals surface area contributed by atoms with Crippen LogP contribution in [0.25, 0.3) is 0 Å². The van der Waals surface area contributed by atoms with Gasteiger partial charge in [-0.25, -0.2) is 0 Å². The first-order valence-corrected chi connectivity index (χ1v) is 14.7. The van der Waals surface area contributed by atoms with E-state index in [2.05, 4.69) is 31.9 Å². The number of aliphatic carboxylic acids is 2. The highest BCUT2D eigenvalue weighted by atomic mass is 32.2. The summed E-state index contributed by atoms with van der Waals surface area (Å²) >= 11 is 1.37. The predicted octanol–water partition coefficient (Wildman–Crippen LogP) is -3.13. The summed E-state index contributed by atoms with van der Waals surface area (Å²) in [5.41, 5.74) is 5.52. The van der Waals surface area contributed by atoms with Gasteiger partial charge in [0.1, 0.15) is 24.7 Å². The molecule has 0 saturated carbocycles. The molecule has 1 heterocycles. The highest BCUT2D eigenvalue weighted by Crippen LogP contribution is 2.07. The number of carboxylic acids is 2. The van der Waals surface area contributed by atoms with Crippen LogP contribution in [0.3, 0.4) is 0 Å². The van der Waals surface area contributed by atoms with Crippen LogP contribution in [-0.2, 0) is 33.6 Å². The van der Waals surface area contributed by atoms with E-state index in [9.17, 15) is 38.7 Å². The molecule has 0 radical (unpaired) electrons. The van der Waals surface area contributed by atoms with Gasteiger partial charge in [0.2, 0.25) is 29.5 Å². The molecule has 5 amide bonds. The summed E-state index contributed by atoms with van der Waals surface area (Å²) < 4.78 is 0. The number of carbonyl (C=O) groups is 7. The van der Waals surface area contributed by atoms with Crippen molar-refractivity contribution in [1.29, 1.82) is 0 Å². The molecule has 16 nitrogen and oxygen atoms in total. The lowest BCUT2D eigenvalue weighted by Crippen LogP contribution is -2.56. The highest BCUT2D eigenvalue weighted by Gasteiger charge is 2.30. The van der Waals surface area contributed by atoms with E-state index < -0.39 is 79.2 Å². The lowest BCUT2D eigenvalue weighted by molar-refractivity contribution is -0.141. The highest BCUT2D eigenvalue weighted by molar-refractivity contribution is 7.98. The van der Waals surface area contributed by atoms with Crippen LogP contribution in [0.1, 0.15) is 44.9 Å². The third-order valence-electron chi connectivity index (χ3n) is 6.07. The number of rotatable bonds is 20. The van der Waals surface area contributed by atoms with Gasteiger partial charge in [0.05, 0.1) is 19.0 Å². The maximum Gasteiger partial charge on any atom is 0.322 e.